The van der Waals surface area contributed by atoms with Crippen LogP contribution in [-0.4, -0.2) is 11.0 Å². The second-order valence-corrected chi connectivity index (χ2v) is 4.43. The Bertz CT molecular complexity index is 862. The minimum absolute atomic E-state index is 0.163. The Morgan fingerprint density at radius 3 is 2.86 bits per heavy atom. The van der Waals surface area contributed by atoms with Crippen LogP contribution in [0.25, 0.3) is 10.9 Å². The number of esters is 1. The van der Waals surface area contributed by atoms with Crippen molar-refractivity contribution in [3.05, 3.63) is 64.2 Å². The average molecular weight is 285 g/mol. The Kier molecular flexibility index (Phi) is 3.27. The summed E-state index contributed by atoms with van der Waals surface area (Å²) in [6.07, 6.45) is 1.45. The highest BCUT2D eigenvalue weighted by atomic mass is 16.6. The molecule has 0 radical (unpaired) electrons. The summed E-state index contributed by atoms with van der Waals surface area (Å²) in [5.74, 6) is -0.867. The van der Waals surface area contributed by atoms with Gasteiger partial charge in [0.2, 0.25) is 0 Å². The zero-order valence-corrected chi connectivity index (χ0v) is 11.2. The van der Waals surface area contributed by atoms with Crippen LogP contribution in [0.4, 0.5) is 0 Å². The largest absolute Gasteiger partial charge is 0.519 e. The van der Waals surface area contributed by atoms with Crippen LogP contribution >= 0.6 is 0 Å². The fraction of sp³-hybridized carbons (Fsp3) is 0.133. The number of carbonyl (C=O) groups excluding carboxylic acids is 1. The number of aryl methyl sites for hydroxylation is 1. The number of pyridine rings is 1. The second-order valence-electron chi connectivity index (χ2n) is 4.43. The third-order valence-corrected chi connectivity index (χ3v) is 3.00. The number of nitrogens with zero attached hydrogens (tertiary/aromatic N) is 1. The number of hydrogen-bond donors (Lipinski definition) is 0. The molecule has 0 amide bonds. The number of carbonyl (C=O) groups is 1. The molecule has 2 aromatic heterocycles. The molecule has 6 nitrogen and oxygen atoms in total. The summed E-state index contributed by atoms with van der Waals surface area (Å²) in [4.78, 5) is 27.0. The van der Waals surface area contributed by atoms with Crippen molar-refractivity contribution in [2.75, 3.05) is 0 Å². The number of fused-ring (bicyclic) bond motifs is 1. The summed E-state index contributed by atoms with van der Waals surface area (Å²) in [7, 11) is 0. The number of para-hydroxylation sites is 1. The first-order chi connectivity index (χ1) is 10.1. The van der Waals surface area contributed by atoms with Gasteiger partial charge in [-0.3, -0.25) is 4.98 Å². The summed E-state index contributed by atoms with van der Waals surface area (Å²) in [6, 6.07) is 9.15. The molecule has 0 bridgehead atoms. The number of benzene rings is 1. The van der Waals surface area contributed by atoms with E-state index in [1.807, 2.05) is 24.3 Å². The van der Waals surface area contributed by atoms with Gasteiger partial charge >= 0.3 is 11.8 Å². The quantitative estimate of drug-likeness (QED) is 0.687. The Labute approximate surface area is 119 Å². The maximum Gasteiger partial charge on any atom is 0.519 e. The Hall–Kier alpha value is -2.89. The lowest BCUT2D eigenvalue weighted by atomic mass is 10.1. The Balaban J connectivity index is 1.77. The van der Waals surface area contributed by atoms with Crippen LogP contribution in [0.2, 0.25) is 0 Å². The SMILES string of the molecule is Cc1oc(=O)oc1COC(=O)c1cnc2ccccc2c1. The van der Waals surface area contributed by atoms with E-state index in [0.717, 1.165) is 10.9 Å². The number of hydrogen-bond acceptors (Lipinski definition) is 6. The Morgan fingerprint density at radius 1 is 1.29 bits per heavy atom. The van der Waals surface area contributed by atoms with E-state index in [-0.39, 0.29) is 12.4 Å². The molecule has 0 aliphatic heterocycles. The molecule has 21 heavy (non-hydrogen) atoms. The summed E-state index contributed by atoms with van der Waals surface area (Å²) in [5.41, 5.74) is 1.13. The molecule has 0 N–H and O–H groups in total. The predicted octanol–water partition coefficient (Wildman–Crippen LogP) is 2.45. The lowest BCUT2D eigenvalue weighted by molar-refractivity contribution is 0.0442. The molecule has 0 saturated heterocycles. The van der Waals surface area contributed by atoms with Crippen LogP contribution in [0, 0.1) is 6.92 Å². The molecule has 0 aliphatic rings. The summed E-state index contributed by atoms with van der Waals surface area (Å²) in [5, 5.41) is 0.845. The monoisotopic (exact) mass is 285 g/mol. The lowest BCUT2D eigenvalue weighted by Gasteiger charge is -2.04. The van der Waals surface area contributed by atoms with Gasteiger partial charge in [0.25, 0.3) is 0 Å². The molecule has 0 spiro atoms. The first kappa shape index (κ1) is 13.1. The van der Waals surface area contributed by atoms with Gasteiger partial charge < -0.3 is 13.6 Å². The maximum atomic E-state index is 12.0. The first-order valence-electron chi connectivity index (χ1n) is 6.25. The fourth-order valence-corrected chi connectivity index (χ4v) is 1.90. The molecule has 2 heterocycles. The molecule has 6 heteroatoms. The molecule has 3 aromatic rings. The standard InChI is InChI=1S/C15H11NO5/c1-9-13(21-15(18)20-9)8-19-14(17)11-6-10-4-2-3-5-12(10)16-7-11/h2-7H,8H2,1H3. The van der Waals surface area contributed by atoms with E-state index in [1.165, 1.54) is 6.20 Å². The van der Waals surface area contributed by atoms with Crippen LogP contribution < -0.4 is 5.82 Å². The highest BCUT2D eigenvalue weighted by molar-refractivity contribution is 5.93. The molecule has 1 aromatic carbocycles. The zero-order valence-electron chi connectivity index (χ0n) is 11.2. The van der Waals surface area contributed by atoms with Crippen LogP contribution in [0.3, 0.4) is 0 Å². The average Bonchev–Trinajstić information content (AvgIpc) is 2.82. The third kappa shape index (κ3) is 2.69. The molecule has 0 fully saturated rings. The number of aromatic nitrogens is 1. The van der Waals surface area contributed by atoms with Gasteiger partial charge in [-0.25, -0.2) is 9.59 Å². The smallest absolute Gasteiger partial charge is 0.454 e. The van der Waals surface area contributed by atoms with Gasteiger partial charge in [-0.15, -0.1) is 0 Å². The van der Waals surface area contributed by atoms with Gasteiger partial charge in [0.15, 0.2) is 18.1 Å². The number of rotatable bonds is 3. The minimum atomic E-state index is -0.814. The minimum Gasteiger partial charge on any atom is -0.454 e. The highest BCUT2D eigenvalue weighted by Crippen LogP contribution is 2.14. The van der Waals surface area contributed by atoms with Crippen molar-refractivity contribution < 1.29 is 18.4 Å². The highest BCUT2D eigenvalue weighted by Gasteiger charge is 2.13. The van der Waals surface area contributed by atoms with Gasteiger partial charge in [0.1, 0.15) is 0 Å². The van der Waals surface area contributed by atoms with E-state index in [0.29, 0.717) is 11.3 Å². The van der Waals surface area contributed by atoms with Gasteiger partial charge in [0.05, 0.1) is 11.1 Å². The van der Waals surface area contributed by atoms with Gasteiger partial charge in [-0.2, -0.15) is 0 Å². The third-order valence-electron chi connectivity index (χ3n) is 3.00. The van der Waals surface area contributed by atoms with E-state index in [9.17, 15) is 9.59 Å². The van der Waals surface area contributed by atoms with Crippen molar-refractivity contribution in [2.45, 2.75) is 13.5 Å². The van der Waals surface area contributed by atoms with Crippen LogP contribution in [-0.2, 0) is 11.3 Å². The molecule has 0 unspecified atom stereocenters. The molecule has 3 rings (SSSR count). The van der Waals surface area contributed by atoms with Crippen molar-refractivity contribution in [3.8, 4) is 0 Å². The predicted molar refractivity (Wildman–Crippen MR) is 72.8 cm³/mol. The van der Waals surface area contributed by atoms with E-state index >= 15 is 0 Å². The number of ether oxygens (including phenoxy) is 1. The summed E-state index contributed by atoms with van der Waals surface area (Å²) >= 11 is 0. The molecule has 106 valence electrons. The first-order valence-corrected chi connectivity index (χ1v) is 6.25. The maximum absolute atomic E-state index is 12.0. The van der Waals surface area contributed by atoms with Gasteiger partial charge in [-0.05, 0) is 19.1 Å². The van der Waals surface area contributed by atoms with E-state index in [2.05, 4.69) is 9.40 Å². The van der Waals surface area contributed by atoms with Gasteiger partial charge in [0, 0.05) is 11.6 Å². The van der Waals surface area contributed by atoms with Crippen molar-refractivity contribution >= 4 is 16.9 Å². The van der Waals surface area contributed by atoms with Gasteiger partial charge in [-0.1, -0.05) is 18.2 Å². The van der Waals surface area contributed by atoms with Crippen molar-refractivity contribution in [1.82, 2.24) is 4.98 Å². The Morgan fingerprint density at radius 2 is 2.10 bits per heavy atom. The fourth-order valence-electron chi connectivity index (χ4n) is 1.90. The van der Waals surface area contributed by atoms with E-state index in [4.69, 9.17) is 9.15 Å². The van der Waals surface area contributed by atoms with Crippen LogP contribution in [0.1, 0.15) is 21.9 Å². The normalized spacial score (nSPS) is 10.7. The molecule has 0 saturated carbocycles. The second kappa shape index (κ2) is 5.24. The lowest BCUT2D eigenvalue weighted by Crippen LogP contribution is -2.06. The summed E-state index contributed by atoms with van der Waals surface area (Å²) in [6.45, 7) is 1.40. The van der Waals surface area contributed by atoms with Crippen molar-refractivity contribution in [3.63, 3.8) is 0 Å². The van der Waals surface area contributed by atoms with E-state index in [1.54, 1.807) is 13.0 Å². The topological polar surface area (TPSA) is 82.5 Å². The summed E-state index contributed by atoms with van der Waals surface area (Å²) < 4.78 is 14.5. The molecule has 0 atom stereocenters. The molecule has 0 aliphatic carbocycles. The zero-order chi connectivity index (χ0) is 14.8. The molecular weight excluding hydrogens is 274 g/mol. The van der Waals surface area contributed by atoms with Crippen LogP contribution in [0.5, 0.6) is 0 Å². The van der Waals surface area contributed by atoms with Crippen molar-refractivity contribution in [1.29, 1.82) is 0 Å². The van der Waals surface area contributed by atoms with E-state index < -0.39 is 11.8 Å². The van der Waals surface area contributed by atoms with Crippen LogP contribution in [0.15, 0.2) is 50.2 Å². The van der Waals surface area contributed by atoms with Crippen molar-refractivity contribution in [2.24, 2.45) is 0 Å². The molecular formula is C15H11NO5.